The van der Waals surface area contributed by atoms with Crippen LogP contribution in [0.4, 0.5) is 0 Å². The smallest absolute Gasteiger partial charge is 0.300 e. The highest BCUT2D eigenvalue weighted by atomic mass is 16.4. The minimum absolute atomic E-state index is 0.146. The first kappa shape index (κ1) is 13.5. The molecule has 0 bridgehead atoms. The van der Waals surface area contributed by atoms with E-state index in [-0.39, 0.29) is 5.92 Å². The van der Waals surface area contributed by atoms with Crippen LogP contribution in [0.15, 0.2) is 0 Å². The van der Waals surface area contributed by atoms with Crippen LogP contribution in [0, 0.1) is 5.92 Å². The Morgan fingerprint density at radius 3 is 1.58 bits per heavy atom. The first-order valence-corrected chi connectivity index (χ1v) is 3.53. The van der Waals surface area contributed by atoms with Crippen molar-refractivity contribution in [1.29, 1.82) is 0 Å². The summed E-state index contributed by atoms with van der Waals surface area (Å²) in [6, 6.07) is -0.491. The molecule has 72 valence electrons. The summed E-state index contributed by atoms with van der Waals surface area (Å²) in [4.78, 5) is 19.2. The summed E-state index contributed by atoms with van der Waals surface area (Å²) in [6.45, 7) is 4.80. The third-order valence-corrected chi connectivity index (χ3v) is 1.05. The normalized spacial score (nSPS) is 11.4. The fraction of sp³-hybridized carbons (Fsp3) is 0.714. The quantitative estimate of drug-likeness (QED) is 0.529. The summed E-state index contributed by atoms with van der Waals surface area (Å²) in [5.74, 6) is -1.12. The van der Waals surface area contributed by atoms with Gasteiger partial charge in [0, 0.05) is 6.92 Å². The second-order valence-corrected chi connectivity index (χ2v) is 2.69. The van der Waals surface area contributed by atoms with Gasteiger partial charge >= 0.3 is 0 Å². The highest BCUT2D eigenvalue weighted by Crippen LogP contribution is 1.95. The Morgan fingerprint density at radius 2 is 1.58 bits per heavy atom. The van der Waals surface area contributed by atoms with Gasteiger partial charge in [-0.1, -0.05) is 13.8 Å². The maximum Gasteiger partial charge on any atom is 0.300 e. The number of amides is 1. The van der Waals surface area contributed by atoms with Gasteiger partial charge in [-0.25, -0.2) is 0 Å². The molecule has 5 nitrogen and oxygen atoms in total. The van der Waals surface area contributed by atoms with Crippen molar-refractivity contribution in [2.75, 3.05) is 0 Å². The number of carboxylic acid groups (broad SMARTS) is 1. The fourth-order valence-electron chi connectivity index (χ4n) is 0.329. The first-order valence-electron chi connectivity index (χ1n) is 3.53. The summed E-state index contributed by atoms with van der Waals surface area (Å²) in [5.41, 5.74) is 10.2. The Balaban J connectivity index is 0. The third kappa shape index (κ3) is 11.7. The van der Waals surface area contributed by atoms with Crippen molar-refractivity contribution in [2.45, 2.75) is 26.8 Å². The number of carbonyl (C=O) groups is 2. The predicted molar refractivity (Wildman–Crippen MR) is 45.3 cm³/mol. The molecule has 5 N–H and O–H groups in total. The average Bonchev–Trinajstić information content (AvgIpc) is 1.84. The molecular formula is C7H16N2O3. The lowest BCUT2D eigenvalue weighted by Gasteiger charge is -2.09. The van der Waals surface area contributed by atoms with Crippen LogP contribution in [-0.4, -0.2) is 23.0 Å². The second kappa shape index (κ2) is 6.60. The van der Waals surface area contributed by atoms with Gasteiger partial charge in [0.05, 0.1) is 6.04 Å². The molecule has 0 aromatic carbocycles. The van der Waals surface area contributed by atoms with Gasteiger partial charge in [0.15, 0.2) is 0 Å². The van der Waals surface area contributed by atoms with Crippen molar-refractivity contribution in [3.8, 4) is 0 Å². The van der Waals surface area contributed by atoms with Gasteiger partial charge in [-0.05, 0) is 5.92 Å². The molecule has 0 aromatic rings. The Labute approximate surface area is 71.7 Å². The van der Waals surface area contributed by atoms with Gasteiger partial charge in [-0.15, -0.1) is 0 Å². The van der Waals surface area contributed by atoms with Crippen molar-refractivity contribution in [3.05, 3.63) is 0 Å². The molecule has 0 aliphatic heterocycles. The van der Waals surface area contributed by atoms with Crippen molar-refractivity contribution in [3.63, 3.8) is 0 Å². The Bertz CT molecular complexity index is 153. The Hall–Kier alpha value is -1.10. The molecule has 5 heteroatoms. The highest BCUT2D eigenvalue weighted by Gasteiger charge is 2.12. The number of nitrogens with two attached hydrogens (primary N) is 2. The van der Waals surface area contributed by atoms with Crippen LogP contribution in [0.3, 0.4) is 0 Å². The van der Waals surface area contributed by atoms with E-state index in [1.807, 2.05) is 13.8 Å². The van der Waals surface area contributed by atoms with Gasteiger partial charge in [0.2, 0.25) is 5.91 Å². The van der Waals surface area contributed by atoms with Gasteiger partial charge in [0.1, 0.15) is 0 Å². The van der Waals surface area contributed by atoms with Crippen LogP contribution < -0.4 is 11.5 Å². The lowest BCUT2D eigenvalue weighted by Crippen LogP contribution is -2.40. The second-order valence-electron chi connectivity index (χ2n) is 2.69. The lowest BCUT2D eigenvalue weighted by molar-refractivity contribution is -0.134. The van der Waals surface area contributed by atoms with E-state index in [4.69, 9.17) is 21.4 Å². The van der Waals surface area contributed by atoms with Crippen molar-refractivity contribution < 1.29 is 14.7 Å². The van der Waals surface area contributed by atoms with Crippen LogP contribution in [0.25, 0.3) is 0 Å². The lowest BCUT2D eigenvalue weighted by atomic mass is 10.1. The zero-order chi connectivity index (χ0) is 10.3. The molecule has 0 aliphatic rings. The van der Waals surface area contributed by atoms with Crippen LogP contribution >= 0.6 is 0 Å². The van der Waals surface area contributed by atoms with Gasteiger partial charge in [-0.2, -0.15) is 0 Å². The third-order valence-electron chi connectivity index (χ3n) is 1.05. The van der Waals surface area contributed by atoms with E-state index in [2.05, 4.69) is 0 Å². The zero-order valence-corrected chi connectivity index (χ0v) is 7.57. The maximum absolute atomic E-state index is 10.2. The molecule has 0 heterocycles. The van der Waals surface area contributed by atoms with E-state index in [0.717, 1.165) is 6.92 Å². The van der Waals surface area contributed by atoms with Crippen LogP contribution in [0.5, 0.6) is 0 Å². The highest BCUT2D eigenvalue weighted by molar-refractivity contribution is 5.79. The van der Waals surface area contributed by atoms with Crippen molar-refractivity contribution in [2.24, 2.45) is 17.4 Å². The SMILES string of the molecule is CC(=O)O.CC(C)C(N)C(N)=O. The van der Waals surface area contributed by atoms with Gasteiger partial charge in [-0.3, -0.25) is 9.59 Å². The van der Waals surface area contributed by atoms with Crippen molar-refractivity contribution >= 4 is 11.9 Å². The minimum atomic E-state index is -0.833. The monoisotopic (exact) mass is 176 g/mol. The maximum atomic E-state index is 10.2. The molecule has 0 rings (SSSR count). The largest absolute Gasteiger partial charge is 0.481 e. The number of rotatable bonds is 2. The number of aliphatic carboxylic acids is 1. The summed E-state index contributed by atoms with van der Waals surface area (Å²) >= 11 is 0. The Kier molecular flexibility index (Phi) is 7.42. The van der Waals surface area contributed by atoms with Crippen molar-refractivity contribution in [1.82, 2.24) is 0 Å². The number of primary amides is 1. The molecule has 12 heavy (non-hydrogen) atoms. The molecule has 0 saturated carbocycles. The molecule has 0 saturated heterocycles. The molecule has 0 aliphatic carbocycles. The Morgan fingerprint density at radius 1 is 1.33 bits per heavy atom. The fourth-order valence-corrected chi connectivity index (χ4v) is 0.329. The minimum Gasteiger partial charge on any atom is -0.481 e. The number of hydrogen-bond donors (Lipinski definition) is 3. The van der Waals surface area contributed by atoms with E-state index in [1.54, 1.807) is 0 Å². The molecular weight excluding hydrogens is 160 g/mol. The van der Waals surface area contributed by atoms with Crippen LogP contribution in [0.1, 0.15) is 20.8 Å². The zero-order valence-electron chi connectivity index (χ0n) is 7.57. The molecule has 0 aromatic heterocycles. The number of carbonyl (C=O) groups excluding carboxylic acids is 1. The molecule has 0 spiro atoms. The topological polar surface area (TPSA) is 106 Å². The van der Waals surface area contributed by atoms with Gasteiger partial charge in [0.25, 0.3) is 5.97 Å². The first-order chi connectivity index (χ1) is 5.29. The van der Waals surface area contributed by atoms with E-state index in [1.165, 1.54) is 0 Å². The predicted octanol–water partition coefficient (Wildman–Crippen LogP) is -0.454. The summed E-state index contributed by atoms with van der Waals surface area (Å²) in [6.07, 6.45) is 0. The average molecular weight is 176 g/mol. The number of carboxylic acids is 1. The van der Waals surface area contributed by atoms with E-state index < -0.39 is 17.9 Å². The molecule has 0 radical (unpaired) electrons. The molecule has 1 amide bonds. The van der Waals surface area contributed by atoms with E-state index in [9.17, 15) is 4.79 Å². The summed E-state index contributed by atoms with van der Waals surface area (Å²) in [7, 11) is 0. The molecule has 1 unspecified atom stereocenters. The standard InChI is InChI=1S/C5H12N2O.C2H4O2/c1-3(2)4(6)5(7)8;1-2(3)4/h3-4H,6H2,1-2H3,(H2,7,8);1H3,(H,3,4). The van der Waals surface area contributed by atoms with Crippen LogP contribution in [-0.2, 0) is 9.59 Å². The molecule has 1 atom stereocenters. The van der Waals surface area contributed by atoms with E-state index in [0.29, 0.717) is 0 Å². The van der Waals surface area contributed by atoms with E-state index >= 15 is 0 Å². The number of hydrogen-bond acceptors (Lipinski definition) is 3. The van der Waals surface area contributed by atoms with Gasteiger partial charge < -0.3 is 16.6 Å². The van der Waals surface area contributed by atoms with Crippen LogP contribution in [0.2, 0.25) is 0 Å². The summed E-state index contributed by atoms with van der Waals surface area (Å²) < 4.78 is 0. The molecule has 0 fully saturated rings. The summed E-state index contributed by atoms with van der Waals surface area (Å²) in [5, 5.41) is 7.42.